The van der Waals surface area contributed by atoms with Crippen LogP contribution in [0.4, 0.5) is 0 Å². The third kappa shape index (κ3) is 5.84. The molecule has 0 radical (unpaired) electrons. The predicted molar refractivity (Wildman–Crippen MR) is 75.2 cm³/mol. The van der Waals surface area contributed by atoms with Crippen molar-refractivity contribution in [3.05, 3.63) is 0 Å². The highest BCUT2D eigenvalue weighted by Crippen LogP contribution is 2.26. The summed E-state index contributed by atoms with van der Waals surface area (Å²) in [5.74, 6) is 1.01. The summed E-state index contributed by atoms with van der Waals surface area (Å²) in [6.45, 7) is 12.8. The number of nitrogens with zero attached hydrogens (tertiary/aromatic N) is 1. The highest BCUT2D eigenvalue weighted by Gasteiger charge is 2.31. The van der Waals surface area contributed by atoms with Gasteiger partial charge in [-0.15, -0.1) is 0 Å². The van der Waals surface area contributed by atoms with Crippen molar-refractivity contribution in [1.82, 2.24) is 0 Å². The largest absolute Gasteiger partial charge is 0.412 e. The fourth-order valence-electron chi connectivity index (χ4n) is 3.12. The number of quaternary nitrogens is 1. The third-order valence-electron chi connectivity index (χ3n) is 4.37. The lowest BCUT2D eigenvalue weighted by Gasteiger charge is -2.44. The molecule has 2 atom stereocenters. The zero-order chi connectivity index (χ0) is 11.1. The molecule has 0 aliphatic carbocycles. The summed E-state index contributed by atoms with van der Waals surface area (Å²) < 4.78 is 1.43. The second-order valence-electron chi connectivity index (χ2n) is 5.41. The van der Waals surface area contributed by atoms with Crippen LogP contribution < -0.4 is 0 Å². The van der Waals surface area contributed by atoms with E-state index in [1.807, 2.05) is 0 Å². The molecule has 0 aromatic carbocycles. The first kappa shape index (κ1) is 19.2. The summed E-state index contributed by atoms with van der Waals surface area (Å²) in [5.41, 5.74) is 0. The van der Waals surface area contributed by atoms with Gasteiger partial charge in [0.15, 0.2) is 0 Å². The van der Waals surface area contributed by atoms with Crippen LogP contribution in [0.1, 0.15) is 59.3 Å². The fourth-order valence-corrected chi connectivity index (χ4v) is 3.12. The highest BCUT2D eigenvalue weighted by molar-refractivity contribution is 4.63. The summed E-state index contributed by atoms with van der Waals surface area (Å²) in [5, 5.41) is 0. The topological polar surface area (TPSA) is 63.0 Å². The second-order valence-corrected chi connectivity index (χ2v) is 5.41. The van der Waals surface area contributed by atoms with E-state index in [1.165, 1.54) is 69.2 Å². The molecular weight excluding hydrogens is 214 g/mol. The van der Waals surface area contributed by atoms with Crippen LogP contribution in [0.3, 0.4) is 0 Å². The van der Waals surface area contributed by atoms with Crippen LogP contribution >= 0.6 is 0 Å². The quantitative estimate of drug-likeness (QED) is 0.511. The summed E-state index contributed by atoms with van der Waals surface area (Å²) in [6, 6.07) is 0. The molecule has 0 aromatic rings. The Balaban J connectivity index is 0. The van der Waals surface area contributed by atoms with Crippen molar-refractivity contribution in [3.8, 4) is 0 Å². The Hall–Kier alpha value is -0.120. The molecule has 1 aliphatic rings. The van der Waals surface area contributed by atoms with Gasteiger partial charge < -0.3 is 15.4 Å². The van der Waals surface area contributed by atoms with Gasteiger partial charge in [-0.1, -0.05) is 20.3 Å². The Morgan fingerprint density at radius 2 is 1.76 bits per heavy atom. The molecule has 0 bridgehead atoms. The van der Waals surface area contributed by atoms with E-state index in [0.29, 0.717) is 0 Å². The molecule has 2 unspecified atom stereocenters. The van der Waals surface area contributed by atoms with Gasteiger partial charge in [0.1, 0.15) is 0 Å². The molecule has 1 fully saturated rings. The van der Waals surface area contributed by atoms with Crippen LogP contribution in [-0.4, -0.2) is 41.6 Å². The van der Waals surface area contributed by atoms with E-state index in [4.69, 9.17) is 0 Å². The first-order chi connectivity index (χ1) is 7.26. The first-order valence-electron chi connectivity index (χ1n) is 7.11. The number of hydrogen-bond acceptors (Lipinski definition) is 0. The molecule has 1 saturated heterocycles. The van der Waals surface area contributed by atoms with Crippen molar-refractivity contribution in [3.63, 3.8) is 0 Å². The minimum absolute atomic E-state index is 0. The Labute approximate surface area is 107 Å². The lowest BCUT2D eigenvalue weighted by Crippen LogP contribution is -2.54. The zero-order valence-corrected chi connectivity index (χ0v) is 12.1. The standard InChI is InChI=1S/C14H30N.2H2O/c1-4-7-8-11-15(6-3)12-9-10-14(5-2)13-15;;/h14H,4-13H2,1-3H3;2*1H2/q+1;;. The van der Waals surface area contributed by atoms with Crippen LogP contribution in [0.2, 0.25) is 0 Å². The van der Waals surface area contributed by atoms with Crippen LogP contribution in [0.25, 0.3) is 0 Å². The average molecular weight is 248 g/mol. The SMILES string of the molecule is CCCCC[N+]1(CC)CCCC(CC)C1.O.O. The Morgan fingerprint density at radius 3 is 2.29 bits per heavy atom. The third-order valence-corrected chi connectivity index (χ3v) is 4.37. The molecule has 0 saturated carbocycles. The Bertz CT molecular complexity index is 176. The lowest BCUT2D eigenvalue weighted by atomic mass is 9.93. The molecule has 0 amide bonds. The van der Waals surface area contributed by atoms with Gasteiger partial charge in [0.05, 0.1) is 26.2 Å². The fraction of sp³-hybridized carbons (Fsp3) is 1.00. The van der Waals surface area contributed by atoms with Gasteiger partial charge in [-0.2, -0.15) is 0 Å². The monoisotopic (exact) mass is 248 g/mol. The minimum Gasteiger partial charge on any atom is -0.412 e. The van der Waals surface area contributed by atoms with Gasteiger partial charge in [-0.25, -0.2) is 0 Å². The maximum atomic E-state index is 2.39. The molecule has 1 heterocycles. The molecular formula is C14H34NO2+. The van der Waals surface area contributed by atoms with Crippen LogP contribution in [0, 0.1) is 5.92 Å². The number of unbranched alkanes of at least 4 members (excludes halogenated alkanes) is 2. The number of rotatable bonds is 6. The van der Waals surface area contributed by atoms with Gasteiger partial charge in [0.25, 0.3) is 0 Å². The normalized spacial score (nSPS) is 28.1. The van der Waals surface area contributed by atoms with Gasteiger partial charge in [0.2, 0.25) is 0 Å². The van der Waals surface area contributed by atoms with E-state index in [-0.39, 0.29) is 11.0 Å². The van der Waals surface area contributed by atoms with Gasteiger partial charge >= 0.3 is 0 Å². The van der Waals surface area contributed by atoms with E-state index in [9.17, 15) is 0 Å². The van der Waals surface area contributed by atoms with Gasteiger partial charge in [-0.05, 0) is 39.0 Å². The van der Waals surface area contributed by atoms with Crippen LogP contribution in [-0.2, 0) is 0 Å². The van der Waals surface area contributed by atoms with Gasteiger partial charge in [-0.3, -0.25) is 0 Å². The molecule has 1 rings (SSSR count). The van der Waals surface area contributed by atoms with Gasteiger partial charge in [0, 0.05) is 5.92 Å². The zero-order valence-electron chi connectivity index (χ0n) is 12.1. The highest BCUT2D eigenvalue weighted by atomic mass is 16.0. The molecule has 1 aliphatic heterocycles. The Kier molecular flexibility index (Phi) is 11.2. The molecule has 3 nitrogen and oxygen atoms in total. The molecule has 0 spiro atoms. The van der Waals surface area contributed by atoms with E-state index >= 15 is 0 Å². The summed E-state index contributed by atoms with van der Waals surface area (Å²) in [7, 11) is 0. The maximum Gasteiger partial charge on any atom is 0.0815 e. The number of likely N-dealkylation sites (tertiary alicyclic amines) is 1. The molecule has 17 heavy (non-hydrogen) atoms. The average Bonchev–Trinajstić information content (AvgIpc) is 2.30. The predicted octanol–water partition coefficient (Wildman–Crippen LogP) is 2.18. The van der Waals surface area contributed by atoms with Crippen LogP contribution in [0.15, 0.2) is 0 Å². The maximum absolute atomic E-state index is 2.39. The molecule has 4 N–H and O–H groups in total. The molecule has 3 heteroatoms. The number of piperidine rings is 1. The Morgan fingerprint density at radius 1 is 1.06 bits per heavy atom. The lowest BCUT2D eigenvalue weighted by molar-refractivity contribution is -0.934. The molecule has 0 aromatic heterocycles. The van der Waals surface area contributed by atoms with E-state index in [0.717, 1.165) is 5.92 Å². The number of hydrogen-bond donors (Lipinski definition) is 0. The van der Waals surface area contributed by atoms with Crippen molar-refractivity contribution in [2.75, 3.05) is 26.2 Å². The molecule has 106 valence electrons. The van der Waals surface area contributed by atoms with Crippen molar-refractivity contribution < 1.29 is 15.4 Å². The van der Waals surface area contributed by atoms with E-state index in [2.05, 4.69) is 20.8 Å². The summed E-state index contributed by atoms with van der Waals surface area (Å²) >= 11 is 0. The van der Waals surface area contributed by atoms with Crippen molar-refractivity contribution >= 4 is 0 Å². The van der Waals surface area contributed by atoms with Crippen molar-refractivity contribution in [1.29, 1.82) is 0 Å². The summed E-state index contributed by atoms with van der Waals surface area (Å²) in [6.07, 6.45) is 8.59. The van der Waals surface area contributed by atoms with E-state index in [1.54, 1.807) is 0 Å². The van der Waals surface area contributed by atoms with Crippen molar-refractivity contribution in [2.24, 2.45) is 5.92 Å². The minimum atomic E-state index is 0. The smallest absolute Gasteiger partial charge is 0.0815 e. The van der Waals surface area contributed by atoms with Crippen molar-refractivity contribution in [2.45, 2.75) is 59.3 Å². The van der Waals surface area contributed by atoms with Crippen LogP contribution in [0.5, 0.6) is 0 Å². The second kappa shape index (κ2) is 9.86. The summed E-state index contributed by atoms with van der Waals surface area (Å²) in [4.78, 5) is 0. The first-order valence-corrected chi connectivity index (χ1v) is 7.11. The van der Waals surface area contributed by atoms with E-state index < -0.39 is 0 Å².